The van der Waals surface area contributed by atoms with Crippen LogP contribution in [0.3, 0.4) is 0 Å². The summed E-state index contributed by atoms with van der Waals surface area (Å²) >= 11 is 0. The van der Waals surface area contributed by atoms with Gasteiger partial charge in [-0.3, -0.25) is 4.99 Å². The molecule has 1 unspecified atom stereocenters. The van der Waals surface area contributed by atoms with E-state index in [1.807, 2.05) is 29.8 Å². The van der Waals surface area contributed by atoms with E-state index in [0.29, 0.717) is 25.8 Å². The highest BCUT2D eigenvalue weighted by molar-refractivity contribution is 14.0. The number of ether oxygens (including phenoxy) is 1. The Labute approximate surface area is 178 Å². The Hall–Kier alpha value is -1.68. The van der Waals surface area contributed by atoms with Crippen LogP contribution in [0.1, 0.15) is 30.6 Å². The van der Waals surface area contributed by atoms with Gasteiger partial charge in [-0.15, -0.1) is 24.0 Å². The van der Waals surface area contributed by atoms with Gasteiger partial charge < -0.3 is 15.4 Å². The van der Waals surface area contributed by atoms with Crippen molar-refractivity contribution in [3.05, 3.63) is 47.5 Å². The molecular formula is C19H29IN6O. The van der Waals surface area contributed by atoms with Gasteiger partial charge in [0.25, 0.3) is 0 Å². The van der Waals surface area contributed by atoms with Crippen LogP contribution in [-0.4, -0.2) is 46.5 Å². The van der Waals surface area contributed by atoms with Crippen molar-refractivity contribution in [2.24, 2.45) is 4.99 Å². The van der Waals surface area contributed by atoms with Crippen LogP contribution in [0.25, 0.3) is 0 Å². The summed E-state index contributed by atoms with van der Waals surface area (Å²) in [6.45, 7) is 7.52. The van der Waals surface area contributed by atoms with Crippen LogP contribution in [0.2, 0.25) is 0 Å². The topological polar surface area (TPSA) is 76.4 Å². The Bertz CT molecular complexity index is 718. The van der Waals surface area contributed by atoms with Gasteiger partial charge in [0.05, 0.1) is 26.3 Å². The zero-order valence-corrected chi connectivity index (χ0v) is 18.3. The molecule has 1 aromatic heterocycles. The molecule has 27 heavy (non-hydrogen) atoms. The van der Waals surface area contributed by atoms with E-state index in [-0.39, 0.29) is 24.0 Å². The van der Waals surface area contributed by atoms with E-state index in [0.717, 1.165) is 43.5 Å². The van der Waals surface area contributed by atoms with Gasteiger partial charge in [0, 0.05) is 19.0 Å². The summed E-state index contributed by atoms with van der Waals surface area (Å²) in [6, 6.07) is 10.5. The number of nitrogens with zero attached hydrogens (tertiary/aromatic N) is 4. The van der Waals surface area contributed by atoms with Crippen LogP contribution in [0.5, 0.6) is 0 Å². The lowest BCUT2D eigenvalue weighted by Crippen LogP contribution is -2.47. The summed E-state index contributed by atoms with van der Waals surface area (Å²) in [6.07, 6.45) is 1.98. The summed E-state index contributed by atoms with van der Waals surface area (Å²) in [4.78, 5) is 9.08. The van der Waals surface area contributed by atoms with Gasteiger partial charge in [0.15, 0.2) is 5.96 Å². The average Bonchev–Trinajstić information content (AvgIpc) is 3.01. The number of guanidine groups is 1. The summed E-state index contributed by atoms with van der Waals surface area (Å²) < 4.78 is 7.71. The Kier molecular flexibility index (Phi) is 8.99. The number of hydrogen-bond acceptors (Lipinski definition) is 4. The zero-order chi connectivity index (χ0) is 18.2. The maximum atomic E-state index is 5.70. The molecule has 7 nitrogen and oxygen atoms in total. The first-order valence-electron chi connectivity index (χ1n) is 9.31. The lowest BCUT2D eigenvalue weighted by molar-refractivity contribution is 0.128. The van der Waals surface area contributed by atoms with E-state index in [9.17, 15) is 0 Å². The number of hydrogen-bond donors (Lipinski definition) is 2. The van der Waals surface area contributed by atoms with Crippen LogP contribution in [0, 0.1) is 6.92 Å². The molecule has 0 fully saturated rings. The monoisotopic (exact) mass is 484 g/mol. The highest BCUT2D eigenvalue weighted by atomic mass is 127. The van der Waals surface area contributed by atoms with Crippen LogP contribution >= 0.6 is 24.0 Å². The minimum absolute atomic E-state index is 0. The molecule has 0 radical (unpaired) electrons. The van der Waals surface area contributed by atoms with E-state index in [2.05, 4.69) is 44.8 Å². The van der Waals surface area contributed by atoms with Crippen LogP contribution in [0.15, 0.2) is 35.3 Å². The predicted molar refractivity (Wildman–Crippen MR) is 117 cm³/mol. The first-order chi connectivity index (χ1) is 12.7. The Morgan fingerprint density at radius 2 is 2.15 bits per heavy atom. The molecule has 0 bridgehead atoms. The minimum Gasteiger partial charge on any atom is -0.375 e. The summed E-state index contributed by atoms with van der Waals surface area (Å²) in [5.74, 6) is 2.76. The molecule has 0 spiro atoms. The van der Waals surface area contributed by atoms with E-state index < -0.39 is 0 Å². The zero-order valence-electron chi connectivity index (χ0n) is 16.0. The molecular weight excluding hydrogens is 455 g/mol. The fourth-order valence-electron chi connectivity index (χ4n) is 3.05. The quantitative estimate of drug-likeness (QED) is 0.273. The van der Waals surface area contributed by atoms with Gasteiger partial charge in [-0.2, -0.15) is 5.10 Å². The van der Waals surface area contributed by atoms with Gasteiger partial charge in [-0.1, -0.05) is 30.3 Å². The molecule has 2 N–H and O–H groups in total. The molecule has 0 amide bonds. The number of aromatic nitrogens is 3. The van der Waals surface area contributed by atoms with E-state index in [1.54, 1.807) is 0 Å². The van der Waals surface area contributed by atoms with E-state index >= 15 is 0 Å². The number of halogens is 1. The average molecular weight is 484 g/mol. The van der Waals surface area contributed by atoms with Crippen molar-refractivity contribution in [2.45, 2.75) is 45.9 Å². The second-order valence-corrected chi connectivity index (χ2v) is 6.44. The SMILES string of the molecule is CCNC(=NCCOCc1ccccc1)NC1CCc2nc(C)nn2C1.I. The first kappa shape index (κ1) is 21.6. The number of rotatable bonds is 7. The predicted octanol–water partition coefficient (Wildman–Crippen LogP) is 2.29. The van der Waals surface area contributed by atoms with Gasteiger partial charge >= 0.3 is 0 Å². The number of nitrogens with one attached hydrogen (secondary N) is 2. The second-order valence-electron chi connectivity index (χ2n) is 6.44. The standard InChI is InChI=1S/C19H28N6O.HI/c1-3-20-19(21-11-12-26-14-16-7-5-4-6-8-16)23-17-9-10-18-22-15(2)24-25(18)13-17;/h4-8,17H,3,9-14H2,1-2H3,(H2,20,21,23);1H. The van der Waals surface area contributed by atoms with Crippen molar-refractivity contribution in [3.8, 4) is 0 Å². The normalized spacial score (nSPS) is 16.4. The molecule has 2 heterocycles. The van der Waals surface area contributed by atoms with Crippen molar-refractivity contribution in [1.29, 1.82) is 0 Å². The van der Waals surface area contributed by atoms with Crippen molar-refractivity contribution >= 4 is 29.9 Å². The third-order valence-electron chi connectivity index (χ3n) is 4.27. The Balaban J connectivity index is 0.00000261. The fourth-order valence-corrected chi connectivity index (χ4v) is 3.05. The van der Waals surface area contributed by atoms with Gasteiger partial charge in [0.1, 0.15) is 11.6 Å². The molecule has 1 aromatic carbocycles. The second kappa shape index (κ2) is 11.2. The Morgan fingerprint density at radius 3 is 2.93 bits per heavy atom. The Morgan fingerprint density at radius 1 is 1.33 bits per heavy atom. The lowest BCUT2D eigenvalue weighted by Gasteiger charge is -2.25. The first-order valence-corrected chi connectivity index (χ1v) is 9.31. The highest BCUT2D eigenvalue weighted by Gasteiger charge is 2.21. The highest BCUT2D eigenvalue weighted by Crippen LogP contribution is 2.12. The summed E-state index contributed by atoms with van der Waals surface area (Å²) in [5, 5.41) is 11.3. The molecule has 0 aliphatic carbocycles. The van der Waals surface area contributed by atoms with Crippen molar-refractivity contribution in [1.82, 2.24) is 25.4 Å². The van der Waals surface area contributed by atoms with E-state index in [4.69, 9.17) is 4.74 Å². The molecule has 1 aliphatic rings. The van der Waals surface area contributed by atoms with Gasteiger partial charge in [0.2, 0.25) is 0 Å². The largest absolute Gasteiger partial charge is 0.375 e. The third-order valence-corrected chi connectivity index (χ3v) is 4.27. The maximum absolute atomic E-state index is 5.70. The minimum atomic E-state index is 0. The van der Waals surface area contributed by atoms with Gasteiger partial charge in [-0.05, 0) is 25.8 Å². The van der Waals surface area contributed by atoms with Crippen LogP contribution < -0.4 is 10.6 Å². The summed E-state index contributed by atoms with van der Waals surface area (Å²) in [7, 11) is 0. The number of aliphatic imine (C=N–C) groups is 1. The van der Waals surface area contributed by atoms with Crippen LogP contribution in [0.4, 0.5) is 0 Å². The summed E-state index contributed by atoms with van der Waals surface area (Å²) in [5.41, 5.74) is 1.18. The van der Waals surface area contributed by atoms with Gasteiger partial charge in [-0.25, -0.2) is 9.67 Å². The molecule has 8 heteroatoms. The van der Waals surface area contributed by atoms with Crippen molar-refractivity contribution in [2.75, 3.05) is 19.7 Å². The third kappa shape index (κ3) is 6.76. The molecule has 0 saturated heterocycles. The smallest absolute Gasteiger partial charge is 0.191 e. The molecule has 1 aliphatic heterocycles. The van der Waals surface area contributed by atoms with Crippen molar-refractivity contribution in [3.63, 3.8) is 0 Å². The molecule has 148 valence electrons. The van der Waals surface area contributed by atoms with E-state index in [1.165, 1.54) is 5.56 Å². The fraction of sp³-hybridized carbons (Fsp3) is 0.526. The molecule has 3 rings (SSSR count). The van der Waals surface area contributed by atoms with Crippen LogP contribution in [-0.2, 0) is 24.3 Å². The van der Waals surface area contributed by atoms with Crippen molar-refractivity contribution < 1.29 is 4.74 Å². The number of benzene rings is 1. The molecule has 1 atom stereocenters. The number of aryl methyl sites for hydroxylation is 2. The lowest BCUT2D eigenvalue weighted by atomic mass is 10.1. The molecule has 0 saturated carbocycles. The maximum Gasteiger partial charge on any atom is 0.191 e. The molecule has 2 aromatic rings. The number of fused-ring (bicyclic) bond motifs is 1.